The lowest BCUT2D eigenvalue weighted by molar-refractivity contribution is 0.0784. The third-order valence-electron chi connectivity index (χ3n) is 8.04. The van der Waals surface area contributed by atoms with Crippen LogP contribution in [0.25, 0.3) is 17.2 Å². The van der Waals surface area contributed by atoms with Gasteiger partial charge in [-0.2, -0.15) is 10.1 Å². The van der Waals surface area contributed by atoms with E-state index in [2.05, 4.69) is 10.1 Å². The Kier molecular flexibility index (Phi) is 6.73. The van der Waals surface area contributed by atoms with Crippen molar-refractivity contribution in [2.24, 2.45) is 0 Å². The maximum atomic E-state index is 14.3. The number of amides is 1. The van der Waals surface area contributed by atoms with Crippen LogP contribution in [0.3, 0.4) is 0 Å². The molecular weight excluding hydrogens is 509 g/mol. The van der Waals surface area contributed by atoms with Gasteiger partial charge in [-0.3, -0.25) is 18.8 Å². The summed E-state index contributed by atoms with van der Waals surface area (Å²) in [7, 11) is 0. The summed E-state index contributed by atoms with van der Waals surface area (Å²) in [4.78, 5) is 34.1. The van der Waals surface area contributed by atoms with E-state index in [1.54, 1.807) is 23.1 Å². The van der Waals surface area contributed by atoms with E-state index in [4.69, 9.17) is 0 Å². The van der Waals surface area contributed by atoms with Crippen LogP contribution < -0.4 is 5.56 Å². The molecule has 1 saturated carbocycles. The van der Waals surface area contributed by atoms with Gasteiger partial charge in [0.25, 0.3) is 11.5 Å². The molecule has 8 nitrogen and oxygen atoms in total. The molecule has 40 heavy (non-hydrogen) atoms. The Morgan fingerprint density at radius 3 is 2.38 bits per heavy atom. The molecule has 1 aliphatic heterocycles. The van der Waals surface area contributed by atoms with Gasteiger partial charge in [-0.25, -0.2) is 4.39 Å². The lowest BCUT2D eigenvalue weighted by atomic mass is 9.99. The molecule has 1 N–H and O–H groups in total. The molecule has 2 aromatic carbocycles. The van der Waals surface area contributed by atoms with Gasteiger partial charge >= 0.3 is 0 Å². The standard InChI is InChI=1S/C31H32FN5O3/c1-3-19-6-5-7-20(4-2)27(19)37-28(25-15-17-36(34-25)24-12-13-24)33-29(38)26(31(37)40)30(39)35-16-14-22(18-35)21-8-10-23(32)11-9-21/h5-11,15,17,22,24,38H,3-4,12-14,16,18H2,1-2H3. The molecule has 1 atom stereocenters. The molecule has 0 bridgehead atoms. The van der Waals surface area contributed by atoms with Crippen molar-refractivity contribution in [1.29, 1.82) is 0 Å². The number of aromatic hydroxyl groups is 1. The quantitative estimate of drug-likeness (QED) is 0.354. The van der Waals surface area contributed by atoms with Crippen LogP contribution in [-0.2, 0) is 12.8 Å². The van der Waals surface area contributed by atoms with Crippen LogP contribution in [0.15, 0.2) is 59.5 Å². The van der Waals surface area contributed by atoms with Gasteiger partial charge in [0.2, 0.25) is 5.88 Å². The van der Waals surface area contributed by atoms with Crippen molar-refractivity contribution in [3.8, 4) is 23.1 Å². The number of carbonyl (C=O) groups excluding carboxylic acids is 1. The molecule has 206 valence electrons. The van der Waals surface area contributed by atoms with Gasteiger partial charge in [0.1, 0.15) is 11.5 Å². The third kappa shape index (κ3) is 4.59. The van der Waals surface area contributed by atoms with E-state index in [0.29, 0.717) is 49.8 Å². The van der Waals surface area contributed by atoms with Crippen molar-refractivity contribution in [2.45, 2.75) is 57.9 Å². The van der Waals surface area contributed by atoms with Crippen LogP contribution in [0.4, 0.5) is 4.39 Å². The van der Waals surface area contributed by atoms with Crippen molar-refractivity contribution < 1.29 is 14.3 Å². The van der Waals surface area contributed by atoms with Crippen LogP contribution >= 0.6 is 0 Å². The first kappa shape index (κ1) is 26.0. The summed E-state index contributed by atoms with van der Waals surface area (Å²) in [6, 6.07) is 14.3. The second kappa shape index (κ2) is 10.4. The second-order valence-electron chi connectivity index (χ2n) is 10.6. The van der Waals surface area contributed by atoms with E-state index < -0.39 is 17.3 Å². The number of para-hydroxylation sites is 1. The van der Waals surface area contributed by atoms with E-state index >= 15 is 0 Å². The highest BCUT2D eigenvalue weighted by Crippen LogP contribution is 2.36. The summed E-state index contributed by atoms with van der Waals surface area (Å²) in [6.07, 6.45) is 5.98. The summed E-state index contributed by atoms with van der Waals surface area (Å²) >= 11 is 0. The molecule has 1 unspecified atom stereocenters. The average Bonchev–Trinajstić information content (AvgIpc) is 3.48. The zero-order valence-electron chi connectivity index (χ0n) is 22.7. The van der Waals surface area contributed by atoms with Gasteiger partial charge in [-0.05, 0) is 67.0 Å². The Balaban J connectivity index is 1.47. The number of benzene rings is 2. The van der Waals surface area contributed by atoms with Gasteiger partial charge in [0.15, 0.2) is 11.4 Å². The Morgan fingerprint density at radius 2 is 1.73 bits per heavy atom. The molecule has 9 heteroatoms. The van der Waals surface area contributed by atoms with Crippen LogP contribution in [0.5, 0.6) is 5.88 Å². The molecule has 4 aromatic rings. The maximum Gasteiger partial charge on any atom is 0.275 e. The molecule has 6 rings (SSSR count). The number of aromatic nitrogens is 4. The molecule has 2 fully saturated rings. The lowest BCUT2D eigenvalue weighted by Crippen LogP contribution is -2.36. The summed E-state index contributed by atoms with van der Waals surface area (Å²) in [5.41, 5.74) is 2.99. The first-order valence-corrected chi connectivity index (χ1v) is 14.0. The molecule has 2 aliphatic rings. The lowest BCUT2D eigenvalue weighted by Gasteiger charge is -2.21. The van der Waals surface area contributed by atoms with E-state index in [-0.39, 0.29) is 23.1 Å². The summed E-state index contributed by atoms with van der Waals surface area (Å²) < 4.78 is 16.8. The largest absolute Gasteiger partial charge is 0.493 e. The number of aryl methyl sites for hydroxylation is 2. The van der Waals surface area contributed by atoms with E-state index in [9.17, 15) is 19.1 Å². The minimum Gasteiger partial charge on any atom is -0.493 e. The van der Waals surface area contributed by atoms with E-state index in [1.165, 1.54) is 16.7 Å². The SMILES string of the molecule is CCc1cccc(CC)c1-n1c(-c2ccn(C3CC3)n2)nc(O)c(C(=O)N2CCC(c3ccc(F)cc3)C2)c1=O. The Labute approximate surface area is 231 Å². The van der Waals surface area contributed by atoms with Crippen molar-refractivity contribution in [3.63, 3.8) is 0 Å². The van der Waals surface area contributed by atoms with Gasteiger partial charge in [0.05, 0.1) is 11.7 Å². The molecule has 0 radical (unpaired) electrons. The monoisotopic (exact) mass is 541 g/mol. The average molecular weight is 542 g/mol. The Bertz CT molecular complexity index is 1620. The number of rotatable bonds is 7. The van der Waals surface area contributed by atoms with E-state index in [0.717, 1.165) is 29.5 Å². The van der Waals surface area contributed by atoms with Crippen LogP contribution in [0.2, 0.25) is 0 Å². The third-order valence-corrected chi connectivity index (χ3v) is 8.04. The first-order valence-electron chi connectivity index (χ1n) is 14.0. The molecule has 0 spiro atoms. The van der Waals surface area contributed by atoms with Gasteiger partial charge in [-0.15, -0.1) is 0 Å². The number of nitrogens with zero attached hydrogens (tertiary/aromatic N) is 5. The predicted molar refractivity (Wildman–Crippen MR) is 149 cm³/mol. The van der Waals surface area contributed by atoms with Crippen molar-refractivity contribution in [2.75, 3.05) is 13.1 Å². The highest BCUT2D eigenvalue weighted by atomic mass is 19.1. The van der Waals surface area contributed by atoms with Crippen molar-refractivity contribution in [3.05, 3.63) is 93.2 Å². The van der Waals surface area contributed by atoms with Crippen molar-refractivity contribution >= 4 is 5.91 Å². The topological polar surface area (TPSA) is 93.2 Å². The van der Waals surface area contributed by atoms with E-state index in [1.807, 2.05) is 42.9 Å². The zero-order valence-corrected chi connectivity index (χ0v) is 22.7. The summed E-state index contributed by atoms with van der Waals surface area (Å²) in [6.45, 7) is 4.82. The van der Waals surface area contributed by atoms with Crippen LogP contribution in [0, 0.1) is 5.82 Å². The van der Waals surface area contributed by atoms with Crippen molar-refractivity contribution in [1.82, 2.24) is 24.2 Å². The minimum atomic E-state index is -0.616. The van der Waals surface area contributed by atoms with Crippen LogP contribution in [0.1, 0.15) is 72.1 Å². The molecule has 3 heterocycles. The number of halogens is 1. The Hall–Kier alpha value is -4.27. The fraction of sp³-hybridized carbons (Fsp3) is 0.355. The zero-order chi connectivity index (χ0) is 28.0. The molecular formula is C31H32FN5O3. The molecule has 1 amide bonds. The predicted octanol–water partition coefficient (Wildman–Crippen LogP) is 5.03. The van der Waals surface area contributed by atoms with Gasteiger partial charge in [0, 0.05) is 25.2 Å². The normalized spacial score (nSPS) is 17.0. The minimum absolute atomic E-state index is 0.0139. The van der Waals surface area contributed by atoms with Gasteiger partial charge in [-0.1, -0.05) is 44.2 Å². The Morgan fingerprint density at radius 1 is 1.02 bits per heavy atom. The molecule has 1 aliphatic carbocycles. The fourth-order valence-corrected chi connectivity index (χ4v) is 5.69. The maximum absolute atomic E-state index is 14.3. The number of carbonyl (C=O) groups is 1. The molecule has 2 aromatic heterocycles. The first-order chi connectivity index (χ1) is 19.4. The fourth-order valence-electron chi connectivity index (χ4n) is 5.69. The van der Waals surface area contributed by atoms with Gasteiger partial charge < -0.3 is 10.0 Å². The number of hydrogen-bond acceptors (Lipinski definition) is 5. The molecule has 1 saturated heterocycles. The number of likely N-dealkylation sites (tertiary alicyclic amines) is 1. The smallest absolute Gasteiger partial charge is 0.275 e. The summed E-state index contributed by atoms with van der Waals surface area (Å²) in [5, 5.41) is 15.8. The highest BCUT2D eigenvalue weighted by molar-refractivity contribution is 5.96. The van der Waals surface area contributed by atoms with Crippen LogP contribution in [-0.4, -0.2) is 48.3 Å². The summed E-state index contributed by atoms with van der Waals surface area (Å²) in [5.74, 6) is -1.25. The second-order valence-corrected chi connectivity index (χ2v) is 10.6. The number of hydrogen-bond donors (Lipinski definition) is 1. The highest BCUT2D eigenvalue weighted by Gasteiger charge is 2.34.